The molecule has 1 heterocycles. The van der Waals surface area contributed by atoms with E-state index in [-0.39, 0.29) is 11.4 Å². The first-order valence-electron chi connectivity index (χ1n) is 5.07. The van der Waals surface area contributed by atoms with Gasteiger partial charge in [0.15, 0.2) is 0 Å². The second-order valence-corrected chi connectivity index (χ2v) is 6.32. The summed E-state index contributed by atoms with van der Waals surface area (Å²) in [5.74, 6) is 0.550. The lowest BCUT2D eigenvalue weighted by Gasteiger charge is -2.06. The van der Waals surface area contributed by atoms with E-state index in [9.17, 15) is 8.42 Å². The molecule has 0 aliphatic heterocycles. The van der Waals surface area contributed by atoms with Gasteiger partial charge in [-0.25, -0.2) is 13.1 Å². The van der Waals surface area contributed by atoms with Crippen molar-refractivity contribution in [3.8, 4) is 0 Å². The van der Waals surface area contributed by atoms with Gasteiger partial charge in [0.2, 0.25) is 10.0 Å². The summed E-state index contributed by atoms with van der Waals surface area (Å²) < 4.78 is 28.8. The molecule has 2 aromatic rings. The Bertz CT molecular complexity index is 653. The monoisotopic (exact) mass is 330 g/mol. The van der Waals surface area contributed by atoms with Gasteiger partial charge in [-0.1, -0.05) is 22.0 Å². The highest BCUT2D eigenvalue weighted by atomic mass is 79.9. The molecule has 2 rings (SSSR count). The Hall–Kier alpha value is -1.25. The molecule has 0 bridgehead atoms. The van der Waals surface area contributed by atoms with Crippen molar-refractivity contribution < 1.29 is 8.42 Å². The Morgan fingerprint density at radius 1 is 1.44 bits per heavy atom. The standard InChI is InChI=1S/C10H11BrN4O2S/c1-15-7-12-14-10(15)6-13-18(16,17)9-4-2-3-8(11)5-9/h2-5,7,13H,6H2,1H3. The maximum Gasteiger partial charge on any atom is 0.241 e. The molecule has 1 aromatic carbocycles. The van der Waals surface area contributed by atoms with Crippen molar-refractivity contribution in [1.29, 1.82) is 0 Å². The normalized spacial score (nSPS) is 11.7. The molecule has 0 aliphatic carbocycles. The second kappa shape index (κ2) is 5.17. The van der Waals surface area contributed by atoms with Crippen LogP contribution in [-0.2, 0) is 23.6 Å². The minimum Gasteiger partial charge on any atom is -0.320 e. The summed E-state index contributed by atoms with van der Waals surface area (Å²) in [4.78, 5) is 0.207. The lowest BCUT2D eigenvalue weighted by Crippen LogP contribution is -2.24. The van der Waals surface area contributed by atoms with Crippen molar-refractivity contribution in [2.45, 2.75) is 11.4 Å². The molecule has 6 nitrogen and oxygen atoms in total. The Morgan fingerprint density at radius 3 is 2.83 bits per heavy atom. The highest BCUT2D eigenvalue weighted by Crippen LogP contribution is 2.15. The van der Waals surface area contributed by atoms with E-state index in [0.717, 1.165) is 0 Å². The summed E-state index contributed by atoms with van der Waals surface area (Å²) in [6.45, 7) is 0.103. The molecular weight excluding hydrogens is 320 g/mol. The number of benzene rings is 1. The predicted molar refractivity (Wildman–Crippen MR) is 69.2 cm³/mol. The largest absolute Gasteiger partial charge is 0.320 e. The lowest BCUT2D eigenvalue weighted by atomic mass is 10.4. The molecule has 1 aromatic heterocycles. The minimum absolute atomic E-state index is 0.103. The van der Waals surface area contributed by atoms with Crippen LogP contribution in [0.4, 0.5) is 0 Å². The molecule has 96 valence electrons. The number of halogens is 1. The second-order valence-electron chi connectivity index (χ2n) is 3.64. The fourth-order valence-electron chi connectivity index (χ4n) is 1.34. The molecule has 0 amide bonds. The zero-order chi connectivity index (χ0) is 13.2. The number of hydrogen-bond donors (Lipinski definition) is 1. The predicted octanol–water partition coefficient (Wildman–Crippen LogP) is 1.06. The van der Waals surface area contributed by atoms with Gasteiger partial charge in [0, 0.05) is 11.5 Å². The minimum atomic E-state index is -3.54. The Labute approximate surface area is 113 Å². The molecule has 0 saturated heterocycles. The molecule has 0 atom stereocenters. The van der Waals surface area contributed by atoms with Gasteiger partial charge < -0.3 is 4.57 Å². The summed E-state index contributed by atoms with van der Waals surface area (Å²) >= 11 is 3.24. The average molecular weight is 331 g/mol. The van der Waals surface area contributed by atoms with E-state index in [0.29, 0.717) is 10.3 Å². The molecule has 0 aliphatic rings. The van der Waals surface area contributed by atoms with Gasteiger partial charge in [0.25, 0.3) is 0 Å². The molecule has 8 heteroatoms. The summed E-state index contributed by atoms with van der Waals surface area (Å²) in [7, 11) is -1.78. The zero-order valence-electron chi connectivity index (χ0n) is 9.54. The van der Waals surface area contributed by atoms with Crippen LogP contribution in [0.15, 0.2) is 40.0 Å². The van der Waals surface area contributed by atoms with Crippen LogP contribution in [0.2, 0.25) is 0 Å². The van der Waals surface area contributed by atoms with Crippen molar-refractivity contribution in [3.63, 3.8) is 0 Å². The van der Waals surface area contributed by atoms with Gasteiger partial charge >= 0.3 is 0 Å². The van der Waals surface area contributed by atoms with Crippen LogP contribution in [0.3, 0.4) is 0 Å². The fraction of sp³-hybridized carbons (Fsp3) is 0.200. The smallest absolute Gasteiger partial charge is 0.241 e. The third-order valence-electron chi connectivity index (χ3n) is 2.33. The van der Waals surface area contributed by atoms with Gasteiger partial charge in [0.1, 0.15) is 12.2 Å². The number of rotatable bonds is 4. The Kier molecular flexibility index (Phi) is 3.79. The van der Waals surface area contributed by atoms with Gasteiger partial charge in [-0.3, -0.25) is 0 Å². The maximum absolute atomic E-state index is 12.0. The van der Waals surface area contributed by atoms with Crippen molar-refractivity contribution >= 4 is 26.0 Å². The number of aromatic nitrogens is 3. The third-order valence-corrected chi connectivity index (χ3v) is 4.22. The summed E-state index contributed by atoms with van der Waals surface area (Å²) in [5, 5.41) is 7.49. The number of sulfonamides is 1. The van der Waals surface area contributed by atoms with E-state index >= 15 is 0 Å². The van der Waals surface area contributed by atoms with Gasteiger partial charge in [-0.15, -0.1) is 10.2 Å². The van der Waals surface area contributed by atoms with E-state index in [4.69, 9.17) is 0 Å². The molecule has 1 N–H and O–H groups in total. The number of hydrogen-bond acceptors (Lipinski definition) is 4. The number of nitrogens with one attached hydrogen (secondary N) is 1. The Balaban J connectivity index is 2.16. The first kappa shape index (κ1) is 13.2. The molecule has 0 radical (unpaired) electrons. The lowest BCUT2D eigenvalue weighted by molar-refractivity contribution is 0.577. The van der Waals surface area contributed by atoms with Crippen LogP contribution >= 0.6 is 15.9 Å². The summed E-state index contributed by atoms with van der Waals surface area (Å²) in [6, 6.07) is 6.51. The topological polar surface area (TPSA) is 76.9 Å². The van der Waals surface area contributed by atoms with E-state index in [2.05, 4.69) is 30.8 Å². The quantitative estimate of drug-likeness (QED) is 0.909. The SMILES string of the molecule is Cn1cnnc1CNS(=O)(=O)c1cccc(Br)c1. The van der Waals surface area contributed by atoms with Gasteiger partial charge in [-0.2, -0.15) is 0 Å². The van der Waals surface area contributed by atoms with Crippen LogP contribution < -0.4 is 4.72 Å². The van der Waals surface area contributed by atoms with Crippen LogP contribution in [-0.4, -0.2) is 23.2 Å². The van der Waals surface area contributed by atoms with Crippen molar-refractivity contribution in [2.24, 2.45) is 7.05 Å². The van der Waals surface area contributed by atoms with Crippen molar-refractivity contribution in [1.82, 2.24) is 19.5 Å². The summed E-state index contributed by atoms with van der Waals surface area (Å²) in [5.41, 5.74) is 0. The highest BCUT2D eigenvalue weighted by Gasteiger charge is 2.15. The number of aryl methyl sites for hydroxylation is 1. The first-order chi connectivity index (χ1) is 8.49. The molecule has 0 spiro atoms. The molecule has 0 fully saturated rings. The van der Waals surface area contributed by atoms with E-state index in [1.54, 1.807) is 29.8 Å². The van der Waals surface area contributed by atoms with Crippen LogP contribution in [0.5, 0.6) is 0 Å². The van der Waals surface area contributed by atoms with E-state index in [1.165, 1.54) is 12.4 Å². The van der Waals surface area contributed by atoms with Crippen LogP contribution in [0, 0.1) is 0 Å². The number of nitrogens with zero attached hydrogens (tertiary/aromatic N) is 3. The molecule has 18 heavy (non-hydrogen) atoms. The van der Waals surface area contributed by atoms with Crippen LogP contribution in [0.1, 0.15) is 5.82 Å². The Morgan fingerprint density at radius 2 is 2.22 bits per heavy atom. The van der Waals surface area contributed by atoms with Crippen molar-refractivity contribution in [2.75, 3.05) is 0 Å². The zero-order valence-corrected chi connectivity index (χ0v) is 11.9. The van der Waals surface area contributed by atoms with E-state index in [1.807, 2.05) is 0 Å². The highest BCUT2D eigenvalue weighted by molar-refractivity contribution is 9.10. The van der Waals surface area contributed by atoms with Crippen molar-refractivity contribution in [3.05, 3.63) is 40.9 Å². The first-order valence-corrected chi connectivity index (χ1v) is 7.35. The van der Waals surface area contributed by atoms with Gasteiger partial charge in [-0.05, 0) is 18.2 Å². The molecule has 0 unspecified atom stereocenters. The third kappa shape index (κ3) is 2.95. The molecular formula is C10H11BrN4O2S. The molecule has 0 saturated carbocycles. The summed E-state index contributed by atoms with van der Waals surface area (Å²) in [6.07, 6.45) is 1.52. The van der Waals surface area contributed by atoms with Crippen LogP contribution in [0.25, 0.3) is 0 Å². The average Bonchev–Trinajstić information content (AvgIpc) is 2.72. The van der Waals surface area contributed by atoms with Gasteiger partial charge in [0.05, 0.1) is 11.4 Å². The fourth-order valence-corrected chi connectivity index (χ4v) is 2.92. The van der Waals surface area contributed by atoms with E-state index < -0.39 is 10.0 Å². The maximum atomic E-state index is 12.0.